The third-order valence-electron chi connectivity index (χ3n) is 10.9. The van der Waals surface area contributed by atoms with E-state index in [1.54, 1.807) is 26.0 Å². The number of imide groups is 3. The molecule has 402 valence electrons. The molecule has 0 spiro atoms. The third-order valence-corrected chi connectivity index (χ3v) is 13.7. The molecular weight excluding hydrogens is 955 g/mol. The fourth-order valence-electron chi connectivity index (χ4n) is 7.14. The monoisotopic (exact) mass is 1040 g/mol. The molecule has 21 nitrogen and oxygen atoms in total. The topological polar surface area (TPSA) is 227 Å². The Morgan fingerprint density at radius 3 is 1.41 bits per heavy atom. The van der Waals surface area contributed by atoms with Crippen LogP contribution in [-0.2, 0) is 76.5 Å². The van der Waals surface area contributed by atoms with E-state index in [-0.39, 0.29) is 78.8 Å². The summed E-state index contributed by atoms with van der Waals surface area (Å²) in [5.41, 5.74) is 0. The Bertz CT molecular complexity index is 1640. The van der Waals surface area contributed by atoms with E-state index >= 15 is 0 Å². The second-order valence-electron chi connectivity index (χ2n) is 18.6. The lowest BCUT2D eigenvalue weighted by Crippen LogP contribution is -2.44. The number of nitrogens with zero attached hydrogens (tertiary/aromatic N) is 5. The van der Waals surface area contributed by atoms with Crippen molar-refractivity contribution in [3.05, 3.63) is 0 Å². The van der Waals surface area contributed by atoms with Crippen LogP contribution in [0.5, 0.6) is 0 Å². The number of likely N-dealkylation sites (tertiary alicyclic amines) is 1. The van der Waals surface area contributed by atoms with E-state index in [1.807, 2.05) is 13.8 Å². The molecule has 0 aromatic carbocycles. The van der Waals surface area contributed by atoms with Crippen molar-refractivity contribution >= 4 is 70.9 Å². The second-order valence-corrected chi connectivity index (χ2v) is 22.3. The van der Waals surface area contributed by atoms with Gasteiger partial charge in [0.05, 0.1) is 77.7 Å². The first-order valence-electron chi connectivity index (χ1n) is 24.2. The Hall–Kier alpha value is -3.26. The molecule has 0 N–H and O–H groups in total. The van der Waals surface area contributed by atoms with Gasteiger partial charge in [-0.1, -0.05) is 0 Å². The minimum absolute atomic E-state index is 0.00166. The lowest BCUT2D eigenvalue weighted by molar-refractivity contribution is -0.197. The van der Waals surface area contributed by atoms with Gasteiger partial charge in [0.15, 0.2) is 0 Å². The van der Waals surface area contributed by atoms with Crippen LogP contribution >= 0.6 is 23.5 Å². The summed E-state index contributed by atoms with van der Waals surface area (Å²) in [6.45, 7) is 25.6. The van der Waals surface area contributed by atoms with Gasteiger partial charge in [0.1, 0.15) is 0 Å². The zero-order valence-corrected chi connectivity index (χ0v) is 44.9. The van der Waals surface area contributed by atoms with Gasteiger partial charge in [0, 0.05) is 107 Å². The number of ether oxygens (including phenoxy) is 6. The van der Waals surface area contributed by atoms with Crippen LogP contribution in [0, 0.1) is 0 Å². The van der Waals surface area contributed by atoms with Crippen molar-refractivity contribution in [2.75, 3.05) is 119 Å². The number of rotatable bonds is 36. The summed E-state index contributed by atoms with van der Waals surface area (Å²) in [5.74, 6) is -3.36. The quantitative estimate of drug-likeness (QED) is 0.0648. The molecule has 3 heterocycles. The predicted octanol–water partition coefficient (Wildman–Crippen LogP) is 3.29. The minimum Gasteiger partial charge on any atom is -0.382 e. The van der Waals surface area contributed by atoms with Gasteiger partial charge in [0.2, 0.25) is 11.8 Å². The molecule has 0 aliphatic carbocycles. The number of hydroxylamine groups is 4. The maximum atomic E-state index is 13.0. The molecular formula is C47H81N5O16S2. The maximum Gasteiger partial charge on any atom is 0.335 e. The summed E-state index contributed by atoms with van der Waals surface area (Å²) < 4.78 is 31.7. The zero-order valence-electron chi connectivity index (χ0n) is 43.3. The van der Waals surface area contributed by atoms with E-state index in [2.05, 4.69) is 51.3 Å². The maximum absolute atomic E-state index is 13.0. The zero-order chi connectivity index (χ0) is 52.3. The highest BCUT2D eigenvalue weighted by atomic mass is 32.2. The normalized spacial score (nSPS) is 16.8. The number of methoxy groups -OCH3 is 2. The summed E-state index contributed by atoms with van der Waals surface area (Å²) in [4.78, 5) is 111. The summed E-state index contributed by atoms with van der Waals surface area (Å²) in [7, 11) is 3.28. The van der Waals surface area contributed by atoms with Gasteiger partial charge < -0.3 is 38.1 Å². The first-order valence-corrected chi connectivity index (χ1v) is 26.0. The molecule has 3 aliphatic rings. The van der Waals surface area contributed by atoms with Crippen molar-refractivity contribution < 1.29 is 76.5 Å². The molecule has 0 bridgehead atoms. The fraction of sp³-hybridized carbons (Fsp3) is 0.830. The molecule has 70 heavy (non-hydrogen) atoms. The number of carbonyl (C=O) groups excluding carboxylic acids is 8. The van der Waals surface area contributed by atoms with E-state index in [0.717, 1.165) is 23.7 Å². The molecule has 3 rings (SSSR count). The standard InChI is InChI=1S/C25H41N3O9S.C22H40N2O7S/c1-18(2)26(10-11-35-14-15-36-13-12-34-5)17-25(3,4)38-19-16-22(31)27(24(19)33)9-8-23(32)37-28-20(29)6-7-21(28)30;1-18(2)23(10-11-29-14-15-30-13-12-28-5)17-22(3,4)32-16-6-7-21(27)31-24-19(25)8-9-20(24)26/h18-19H,6-17H2,1-5H3;18H,6-17H2,1-5H3. The van der Waals surface area contributed by atoms with E-state index in [4.69, 9.17) is 38.1 Å². The van der Waals surface area contributed by atoms with Gasteiger partial charge >= 0.3 is 11.9 Å². The van der Waals surface area contributed by atoms with Crippen molar-refractivity contribution in [2.24, 2.45) is 0 Å². The summed E-state index contributed by atoms with van der Waals surface area (Å²) in [6.07, 6.45) is 0.758. The fourth-order valence-corrected chi connectivity index (χ4v) is 9.70. The van der Waals surface area contributed by atoms with E-state index in [9.17, 15) is 38.4 Å². The van der Waals surface area contributed by atoms with E-state index in [1.165, 1.54) is 11.8 Å². The molecule has 1 unspecified atom stereocenters. The first kappa shape index (κ1) is 62.9. The van der Waals surface area contributed by atoms with Crippen LogP contribution < -0.4 is 0 Å². The highest BCUT2D eigenvalue weighted by Crippen LogP contribution is 2.36. The van der Waals surface area contributed by atoms with Crippen molar-refractivity contribution in [3.8, 4) is 0 Å². The van der Waals surface area contributed by atoms with Crippen LogP contribution in [-0.4, -0.2) is 218 Å². The first-order chi connectivity index (χ1) is 33.1. The molecule has 3 fully saturated rings. The van der Waals surface area contributed by atoms with Crippen LogP contribution in [0.4, 0.5) is 0 Å². The van der Waals surface area contributed by atoms with Crippen molar-refractivity contribution in [1.82, 2.24) is 24.8 Å². The average molecular weight is 1040 g/mol. The Morgan fingerprint density at radius 2 is 0.986 bits per heavy atom. The smallest absolute Gasteiger partial charge is 0.335 e. The van der Waals surface area contributed by atoms with Gasteiger partial charge in [0.25, 0.3) is 23.6 Å². The third kappa shape index (κ3) is 24.9. The Labute approximate surface area is 423 Å². The molecule has 0 radical (unpaired) electrons. The number of carbonyl (C=O) groups is 8. The van der Waals surface area contributed by atoms with Crippen molar-refractivity contribution in [2.45, 2.75) is 134 Å². The molecule has 3 saturated heterocycles. The van der Waals surface area contributed by atoms with E-state index in [0.29, 0.717) is 102 Å². The van der Waals surface area contributed by atoms with Crippen LogP contribution in [0.15, 0.2) is 0 Å². The number of hydrogen-bond acceptors (Lipinski definition) is 20. The van der Waals surface area contributed by atoms with Crippen molar-refractivity contribution in [1.29, 1.82) is 0 Å². The number of hydrogen-bond donors (Lipinski definition) is 0. The predicted molar refractivity (Wildman–Crippen MR) is 262 cm³/mol. The Balaban J connectivity index is 0.000000488. The second kappa shape index (κ2) is 33.5. The molecule has 1 atom stereocenters. The van der Waals surface area contributed by atoms with Crippen LogP contribution in [0.3, 0.4) is 0 Å². The van der Waals surface area contributed by atoms with Gasteiger partial charge in [-0.3, -0.25) is 43.5 Å². The lowest BCUT2D eigenvalue weighted by atomic mass is 10.1. The molecule has 6 amide bonds. The molecule has 3 aliphatic heterocycles. The molecule has 0 saturated carbocycles. The largest absolute Gasteiger partial charge is 0.382 e. The Kier molecular flexibility index (Phi) is 30.0. The highest BCUT2D eigenvalue weighted by Gasteiger charge is 2.43. The van der Waals surface area contributed by atoms with Gasteiger partial charge in [-0.2, -0.15) is 11.8 Å². The highest BCUT2D eigenvalue weighted by molar-refractivity contribution is 8.02. The molecule has 0 aromatic heterocycles. The SMILES string of the molecule is COCCOCCOCCN(CC(C)(C)SC1CC(=O)N(CCC(=O)ON2C(=O)CCC2=O)C1=O)C(C)C.COCCOCCOCCN(CC(C)(C)SCCCC(=O)ON1C(=O)CCC1=O)C(C)C. The Morgan fingerprint density at radius 1 is 0.586 bits per heavy atom. The van der Waals surface area contributed by atoms with Gasteiger partial charge in [-0.05, 0) is 67.6 Å². The van der Waals surface area contributed by atoms with Crippen LogP contribution in [0.2, 0.25) is 0 Å². The van der Waals surface area contributed by atoms with Crippen LogP contribution in [0.25, 0.3) is 0 Å². The molecule has 23 heteroatoms. The van der Waals surface area contributed by atoms with Crippen molar-refractivity contribution in [3.63, 3.8) is 0 Å². The molecule has 0 aromatic rings. The van der Waals surface area contributed by atoms with Crippen LogP contribution in [0.1, 0.15) is 107 Å². The summed E-state index contributed by atoms with van der Waals surface area (Å²) in [5, 5.41) is 0.512. The lowest BCUT2D eigenvalue weighted by Gasteiger charge is -2.35. The number of thioether (sulfide) groups is 2. The summed E-state index contributed by atoms with van der Waals surface area (Å²) >= 11 is 3.24. The van der Waals surface area contributed by atoms with E-state index < -0.39 is 40.8 Å². The average Bonchev–Trinajstić information content (AvgIpc) is 3.88. The van der Waals surface area contributed by atoms with Gasteiger partial charge in [-0.25, -0.2) is 9.59 Å². The summed E-state index contributed by atoms with van der Waals surface area (Å²) in [6, 6.07) is 0.649. The number of amides is 6. The van der Waals surface area contributed by atoms with Gasteiger partial charge in [-0.15, -0.1) is 21.9 Å². The minimum atomic E-state index is -0.845.